The first-order valence-corrected chi connectivity index (χ1v) is 9.13. The van der Waals surface area contributed by atoms with Crippen LogP contribution in [0, 0.1) is 5.41 Å². The molecule has 0 aromatic heterocycles. The molecule has 0 radical (unpaired) electrons. The second-order valence-corrected chi connectivity index (χ2v) is 7.48. The van der Waals surface area contributed by atoms with Gasteiger partial charge in [0.2, 0.25) is 0 Å². The maximum absolute atomic E-state index is 6.32. The Morgan fingerprint density at radius 1 is 1.19 bits per heavy atom. The molecule has 2 nitrogen and oxygen atoms in total. The van der Waals surface area contributed by atoms with Crippen LogP contribution in [-0.2, 0) is 11.3 Å². The molecule has 0 bridgehead atoms. The number of hydrogen-bond donors (Lipinski definition) is 1. The maximum atomic E-state index is 6.32. The Morgan fingerprint density at radius 2 is 1.90 bits per heavy atom. The number of rotatable bonds is 5. The molecular formula is C18H26BrNO. The molecular weight excluding hydrogens is 326 g/mol. The van der Waals surface area contributed by atoms with Crippen LogP contribution in [0.15, 0.2) is 28.7 Å². The number of halogens is 1. The third-order valence-electron chi connectivity index (χ3n) is 5.38. The minimum absolute atomic E-state index is 0.420. The third kappa shape index (κ3) is 3.20. The lowest BCUT2D eigenvalue weighted by Crippen LogP contribution is -2.64. The Morgan fingerprint density at radius 3 is 2.57 bits per heavy atom. The molecule has 21 heavy (non-hydrogen) atoms. The Kier molecular flexibility index (Phi) is 5.03. The van der Waals surface area contributed by atoms with Crippen LogP contribution in [0.25, 0.3) is 0 Å². The first kappa shape index (κ1) is 15.5. The zero-order chi connectivity index (χ0) is 14.7. The molecule has 0 aliphatic heterocycles. The van der Waals surface area contributed by atoms with Crippen molar-refractivity contribution in [2.24, 2.45) is 5.41 Å². The summed E-state index contributed by atoms with van der Waals surface area (Å²) in [5.41, 5.74) is 1.69. The molecule has 3 rings (SSSR count). The molecule has 3 heteroatoms. The summed E-state index contributed by atoms with van der Waals surface area (Å²) in [7, 11) is 0. The fourth-order valence-electron chi connectivity index (χ4n) is 4.17. The van der Waals surface area contributed by atoms with Crippen LogP contribution < -0.4 is 5.32 Å². The molecule has 0 heterocycles. The van der Waals surface area contributed by atoms with Crippen molar-refractivity contribution in [3.05, 3.63) is 34.3 Å². The lowest BCUT2D eigenvalue weighted by molar-refractivity contribution is -0.158. The monoisotopic (exact) mass is 351 g/mol. The van der Waals surface area contributed by atoms with Crippen LogP contribution in [0.4, 0.5) is 0 Å². The highest BCUT2D eigenvalue weighted by atomic mass is 79.9. The molecule has 0 amide bonds. The summed E-state index contributed by atoms with van der Waals surface area (Å²) in [6.07, 6.45) is 8.47. The summed E-state index contributed by atoms with van der Waals surface area (Å²) in [5.74, 6) is 0. The summed E-state index contributed by atoms with van der Waals surface area (Å²) in [5, 5.41) is 3.69. The highest BCUT2D eigenvalue weighted by Gasteiger charge is 2.55. The summed E-state index contributed by atoms with van der Waals surface area (Å²) < 4.78 is 7.45. The number of nitrogens with one attached hydrogen (secondary N) is 1. The van der Waals surface area contributed by atoms with Crippen molar-refractivity contribution in [2.45, 2.75) is 64.2 Å². The fraction of sp³-hybridized carbons (Fsp3) is 0.667. The Labute approximate surface area is 136 Å². The van der Waals surface area contributed by atoms with E-state index < -0.39 is 0 Å². The predicted molar refractivity (Wildman–Crippen MR) is 90.3 cm³/mol. The van der Waals surface area contributed by atoms with E-state index in [1.165, 1.54) is 44.1 Å². The SMILES string of the molecule is CCNC1CC(OCc2ccc(Br)cc2)C12CCCCC2. The largest absolute Gasteiger partial charge is 0.373 e. The molecule has 2 aliphatic carbocycles. The fourth-order valence-corrected chi connectivity index (χ4v) is 4.44. The lowest BCUT2D eigenvalue weighted by Gasteiger charge is -2.58. The minimum atomic E-state index is 0.420. The Balaban J connectivity index is 1.60. The molecule has 116 valence electrons. The van der Waals surface area contributed by atoms with Crippen LogP contribution in [0.3, 0.4) is 0 Å². The van der Waals surface area contributed by atoms with Gasteiger partial charge in [0.1, 0.15) is 0 Å². The topological polar surface area (TPSA) is 21.3 Å². The van der Waals surface area contributed by atoms with Gasteiger partial charge in [-0.3, -0.25) is 0 Å². The molecule has 2 saturated carbocycles. The third-order valence-corrected chi connectivity index (χ3v) is 5.91. The molecule has 2 fully saturated rings. The van der Waals surface area contributed by atoms with E-state index in [4.69, 9.17) is 4.74 Å². The highest BCUT2D eigenvalue weighted by Crippen LogP contribution is 2.53. The average Bonchev–Trinajstić information content (AvgIpc) is 2.52. The molecule has 1 spiro atoms. The zero-order valence-electron chi connectivity index (χ0n) is 12.9. The Hall–Kier alpha value is -0.380. The van der Waals surface area contributed by atoms with Gasteiger partial charge in [-0.15, -0.1) is 0 Å². The summed E-state index contributed by atoms with van der Waals surface area (Å²) in [4.78, 5) is 0. The summed E-state index contributed by atoms with van der Waals surface area (Å²) in [6.45, 7) is 4.04. The van der Waals surface area contributed by atoms with E-state index in [1.54, 1.807) is 0 Å². The quantitative estimate of drug-likeness (QED) is 0.832. The highest BCUT2D eigenvalue weighted by molar-refractivity contribution is 9.10. The van der Waals surface area contributed by atoms with Crippen LogP contribution >= 0.6 is 15.9 Å². The second kappa shape index (κ2) is 6.80. The maximum Gasteiger partial charge on any atom is 0.0720 e. The van der Waals surface area contributed by atoms with Crippen LogP contribution in [0.2, 0.25) is 0 Å². The van der Waals surface area contributed by atoms with Crippen molar-refractivity contribution in [3.63, 3.8) is 0 Å². The van der Waals surface area contributed by atoms with Gasteiger partial charge in [0.05, 0.1) is 12.7 Å². The minimum Gasteiger partial charge on any atom is -0.373 e. The van der Waals surface area contributed by atoms with Crippen LogP contribution in [-0.4, -0.2) is 18.7 Å². The van der Waals surface area contributed by atoms with Gasteiger partial charge in [-0.2, -0.15) is 0 Å². The molecule has 0 saturated heterocycles. The van der Waals surface area contributed by atoms with Crippen LogP contribution in [0.1, 0.15) is 51.0 Å². The van der Waals surface area contributed by atoms with Crippen molar-refractivity contribution in [1.82, 2.24) is 5.32 Å². The molecule has 2 unspecified atom stereocenters. The smallest absolute Gasteiger partial charge is 0.0720 e. The van der Waals surface area contributed by atoms with Gasteiger partial charge in [0, 0.05) is 15.9 Å². The van der Waals surface area contributed by atoms with Gasteiger partial charge in [0.15, 0.2) is 0 Å². The number of benzene rings is 1. The van der Waals surface area contributed by atoms with E-state index >= 15 is 0 Å². The number of hydrogen-bond acceptors (Lipinski definition) is 2. The predicted octanol–water partition coefficient (Wildman–Crippen LogP) is 4.67. The molecule has 2 atom stereocenters. The van der Waals surface area contributed by atoms with Crippen molar-refractivity contribution in [3.8, 4) is 0 Å². The van der Waals surface area contributed by atoms with E-state index in [0.717, 1.165) is 17.6 Å². The normalized spacial score (nSPS) is 27.5. The van der Waals surface area contributed by atoms with E-state index in [0.29, 0.717) is 17.6 Å². The first-order valence-electron chi connectivity index (χ1n) is 8.34. The van der Waals surface area contributed by atoms with E-state index in [1.807, 2.05) is 0 Å². The molecule has 1 aromatic rings. The van der Waals surface area contributed by atoms with Gasteiger partial charge in [-0.05, 0) is 43.5 Å². The average molecular weight is 352 g/mol. The zero-order valence-corrected chi connectivity index (χ0v) is 14.5. The van der Waals surface area contributed by atoms with Crippen molar-refractivity contribution >= 4 is 15.9 Å². The van der Waals surface area contributed by atoms with E-state index in [-0.39, 0.29) is 0 Å². The second-order valence-electron chi connectivity index (χ2n) is 6.57. The van der Waals surface area contributed by atoms with Crippen molar-refractivity contribution in [2.75, 3.05) is 6.54 Å². The van der Waals surface area contributed by atoms with Gasteiger partial charge in [-0.25, -0.2) is 0 Å². The first-order chi connectivity index (χ1) is 10.2. The van der Waals surface area contributed by atoms with Crippen molar-refractivity contribution < 1.29 is 4.74 Å². The van der Waals surface area contributed by atoms with Crippen LogP contribution in [0.5, 0.6) is 0 Å². The summed E-state index contributed by atoms with van der Waals surface area (Å²) in [6, 6.07) is 9.17. The molecule has 1 N–H and O–H groups in total. The molecule has 2 aliphatic rings. The van der Waals surface area contributed by atoms with Gasteiger partial charge in [-0.1, -0.05) is 54.2 Å². The van der Waals surface area contributed by atoms with Gasteiger partial charge >= 0.3 is 0 Å². The van der Waals surface area contributed by atoms with Crippen molar-refractivity contribution in [1.29, 1.82) is 0 Å². The lowest BCUT2D eigenvalue weighted by atomic mass is 9.55. The van der Waals surface area contributed by atoms with E-state index in [2.05, 4.69) is 52.4 Å². The molecule has 1 aromatic carbocycles. The van der Waals surface area contributed by atoms with Gasteiger partial charge in [0.25, 0.3) is 0 Å². The standard InChI is InChI=1S/C18H26BrNO/c1-2-20-16-12-17(18(16)10-4-3-5-11-18)21-13-14-6-8-15(19)9-7-14/h6-9,16-17,20H,2-5,10-13H2,1H3. The Bertz CT molecular complexity index is 453. The summed E-state index contributed by atoms with van der Waals surface area (Å²) >= 11 is 3.48. The number of ether oxygens (including phenoxy) is 1. The van der Waals surface area contributed by atoms with E-state index in [9.17, 15) is 0 Å². The van der Waals surface area contributed by atoms with Gasteiger partial charge < -0.3 is 10.1 Å².